The molecule has 0 unspecified atom stereocenters. The number of hydrogen-bond acceptors (Lipinski definition) is 4. The first-order chi connectivity index (χ1) is 9.36. The highest BCUT2D eigenvalue weighted by Crippen LogP contribution is 2.24. The van der Waals surface area contributed by atoms with Crippen LogP contribution in [0.2, 0.25) is 0 Å². The molecule has 0 aliphatic heterocycles. The number of halogens is 1. The van der Waals surface area contributed by atoms with Crippen LogP contribution in [-0.2, 0) is 14.6 Å². The summed E-state index contributed by atoms with van der Waals surface area (Å²) in [5, 5.41) is -0.583. The summed E-state index contributed by atoms with van der Waals surface area (Å²) in [4.78, 5) is 10.9. The summed E-state index contributed by atoms with van der Waals surface area (Å²) in [5.74, 6) is 1.06. The van der Waals surface area contributed by atoms with E-state index < -0.39 is 15.1 Å². The van der Waals surface area contributed by atoms with Crippen LogP contribution in [0.1, 0.15) is 5.76 Å². The molecule has 0 saturated carbocycles. The van der Waals surface area contributed by atoms with E-state index in [1.807, 2.05) is 0 Å². The standard InChI is InChI=1S/C14H11ClO4S/c1-20(17,18)12-6-2-10(3-7-12)13-8-4-11(19-13)5-9-14(15)16/h2-9H,1H3/b9-5+. The summed E-state index contributed by atoms with van der Waals surface area (Å²) in [6.07, 6.45) is 3.81. The first-order valence-corrected chi connectivity index (χ1v) is 7.91. The fourth-order valence-electron chi connectivity index (χ4n) is 1.61. The van der Waals surface area contributed by atoms with E-state index >= 15 is 0 Å². The number of benzene rings is 1. The van der Waals surface area contributed by atoms with Crippen molar-refractivity contribution in [3.63, 3.8) is 0 Å². The van der Waals surface area contributed by atoms with Crippen LogP contribution >= 0.6 is 11.6 Å². The molecular formula is C14H11ClO4S. The van der Waals surface area contributed by atoms with Crippen molar-refractivity contribution in [3.05, 3.63) is 48.2 Å². The molecule has 0 fully saturated rings. The summed E-state index contributed by atoms with van der Waals surface area (Å²) in [7, 11) is -3.21. The zero-order valence-corrected chi connectivity index (χ0v) is 12.1. The molecule has 0 radical (unpaired) electrons. The van der Waals surface area contributed by atoms with Crippen LogP contribution in [0, 0.1) is 0 Å². The zero-order chi connectivity index (χ0) is 14.8. The molecule has 0 atom stereocenters. The van der Waals surface area contributed by atoms with Crippen molar-refractivity contribution in [1.82, 2.24) is 0 Å². The van der Waals surface area contributed by atoms with E-state index in [1.54, 1.807) is 24.3 Å². The Labute approximate surface area is 121 Å². The third kappa shape index (κ3) is 3.59. The molecule has 6 heteroatoms. The van der Waals surface area contributed by atoms with Gasteiger partial charge in [-0.1, -0.05) is 0 Å². The van der Waals surface area contributed by atoms with Gasteiger partial charge in [0.2, 0.25) is 5.24 Å². The van der Waals surface area contributed by atoms with E-state index in [0.29, 0.717) is 11.5 Å². The number of hydrogen-bond donors (Lipinski definition) is 0. The van der Waals surface area contributed by atoms with Gasteiger partial charge < -0.3 is 4.42 Å². The Bertz CT molecular complexity index is 755. The molecule has 2 aromatic rings. The minimum Gasteiger partial charge on any atom is -0.457 e. The summed E-state index contributed by atoms with van der Waals surface area (Å²) >= 11 is 5.19. The normalized spacial score (nSPS) is 11.9. The lowest BCUT2D eigenvalue weighted by Crippen LogP contribution is -1.95. The lowest BCUT2D eigenvalue weighted by atomic mass is 10.2. The second-order valence-electron chi connectivity index (χ2n) is 4.14. The summed E-state index contributed by atoms with van der Waals surface area (Å²) < 4.78 is 28.2. The van der Waals surface area contributed by atoms with Crippen LogP contribution in [0.4, 0.5) is 0 Å². The minimum absolute atomic E-state index is 0.251. The summed E-state index contributed by atoms with van der Waals surface area (Å²) in [6, 6.07) is 9.78. The molecule has 104 valence electrons. The quantitative estimate of drug-likeness (QED) is 0.643. The largest absolute Gasteiger partial charge is 0.457 e. The summed E-state index contributed by atoms with van der Waals surface area (Å²) in [6.45, 7) is 0. The van der Waals surface area contributed by atoms with Gasteiger partial charge in [0.05, 0.1) is 4.90 Å². The van der Waals surface area contributed by atoms with E-state index in [-0.39, 0.29) is 4.90 Å². The molecule has 1 aromatic carbocycles. The Kier molecular flexibility index (Phi) is 4.11. The van der Waals surface area contributed by atoms with Gasteiger partial charge in [0, 0.05) is 17.9 Å². The van der Waals surface area contributed by atoms with E-state index in [1.165, 1.54) is 24.3 Å². The lowest BCUT2D eigenvalue weighted by molar-refractivity contribution is -0.107. The topological polar surface area (TPSA) is 64.3 Å². The Morgan fingerprint density at radius 1 is 1.15 bits per heavy atom. The van der Waals surface area contributed by atoms with Crippen LogP contribution in [0.15, 0.2) is 51.8 Å². The number of furan rings is 1. The molecule has 0 amide bonds. The molecular weight excluding hydrogens is 300 g/mol. The molecule has 0 aliphatic carbocycles. The Morgan fingerprint density at radius 2 is 1.80 bits per heavy atom. The molecule has 0 N–H and O–H groups in total. The maximum Gasteiger partial charge on any atom is 0.245 e. The second kappa shape index (κ2) is 5.64. The van der Waals surface area contributed by atoms with Crippen LogP contribution in [0.3, 0.4) is 0 Å². The number of rotatable bonds is 4. The maximum atomic E-state index is 11.4. The Balaban J connectivity index is 2.27. The van der Waals surface area contributed by atoms with Gasteiger partial charge in [-0.3, -0.25) is 4.79 Å². The predicted octanol–water partition coefficient (Wildman–Crippen LogP) is 3.13. The van der Waals surface area contributed by atoms with Gasteiger partial charge in [-0.05, 0) is 54.1 Å². The number of carbonyl (C=O) groups excluding carboxylic acids is 1. The maximum absolute atomic E-state index is 11.4. The molecule has 1 heterocycles. The van der Waals surface area contributed by atoms with Gasteiger partial charge >= 0.3 is 0 Å². The van der Waals surface area contributed by atoms with Crippen molar-refractivity contribution < 1.29 is 17.6 Å². The molecule has 1 aromatic heterocycles. The molecule has 2 rings (SSSR count). The van der Waals surface area contributed by atoms with Crippen molar-refractivity contribution in [2.24, 2.45) is 0 Å². The Hall–Kier alpha value is -1.85. The molecule has 20 heavy (non-hydrogen) atoms. The zero-order valence-electron chi connectivity index (χ0n) is 10.5. The smallest absolute Gasteiger partial charge is 0.245 e. The predicted molar refractivity (Wildman–Crippen MR) is 77.1 cm³/mol. The second-order valence-corrected chi connectivity index (χ2v) is 6.52. The van der Waals surface area contributed by atoms with Gasteiger partial charge in [-0.25, -0.2) is 8.42 Å². The highest BCUT2D eigenvalue weighted by atomic mass is 35.5. The van der Waals surface area contributed by atoms with Crippen LogP contribution in [-0.4, -0.2) is 19.9 Å². The minimum atomic E-state index is -3.21. The van der Waals surface area contributed by atoms with Crippen molar-refractivity contribution in [2.75, 3.05) is 6.26 Å². The van der Waals surface area contributed by atoms with Crippen molar-refractivity contribution >= 4 is 32.8 Å². The van der Waals surface area contributed by atoms with Crippen molar-refractivity contribution in [2.45, 2.75) is 4.90 Å². The fraction of sp³-hybridized carbons (Fsp3) is 0.0714. The SMILES string of the molecule is CS(=O)(=O)c1ccc(-c2ccc(/C=C/C(=O)Cl)o2)cc1. The molecule has 0 aliphatic rings. The van der Waals surface area contributed by atoms with Crippen LogP contribution < -0.4 is 0 Å². The van der Waals surface area contributed by atoms with Crippen LogP contribution in [0.5, 0.6) is 0 Å². The average Bonchev–Trinajstić information content (AvgIpc) is 2.84. The van der Waals surface area contributed by atoms with Gasteiger partial charge in [-0.2, -0.15) is 0 Å². The van der Waals surface area contributed by atoms with E-state index in [9.17, 15) is 13.2 Å². The Morgan fingerprint density at radius 3 is 2.35 bits per heavy atom. The van der Waals surface area contributed by atoms with Crippen LogP contribution in [0.25, 0.3) is 17.4 Å². The van der Waals surface area contributed by atoms with Crippen molar-refractivity contribution in [3.8, 4) is 11.3 Å². The van der Waals surface area contributed by atoms with Gasteiger partial charge in [0.25, 0.3) is 0 Å². The highest BCUT2D eigenvalue weighted by molar-refractivity contribution is 7.90. The highest BCUT2D eigenvalue weighted by Gasteiger charge is 2.08. The van der Waals surface area contributed by atoms with E-state index in [0.717, 1.165) is 11.8 Å². The van der Waals surface area contributed by atoms with E-state index in [2.05, 4.69) is 0 Å². The fourth-order valence-corrected chi connectivity index (χ4v) is 2.31. The van der Waals surface area contributed by atoms with Gasteiger partial charge in [-0.15, -0.1) is 0 Å². The molecule has 0 bridgehead atoms. The first-order valence-electron chi connectivity index (χ1n) is 5.64. The van der Waals surface area contributed by atoms with Gasteiger partial charge in [0.15, 0.2) is 9.84 Å². The number of sulfone groups is 1. The molecule has 0 spiro atoms. The average molecular weight is 311 g/mol. The lowest BCUT2D eigenvalue weighted by Gasteiger charge is -2.00. The third-order valence-electron chi connectivity index (χ3n) is 2.57. The molecule has 4 nitrogen and oxygen atoms in total. The number of carbonyl (C=O) groups is 1. The number of allylic oxidation sites excluding steroid dienone is 1. The van der Waals surface area contributed by atoms with Crippen molar-refractivity contribution in [1.29, 1.82) is 0 Å². The monoisotopic (exact) mass is 310 g/mol. The first kappa shape index (κ1) is 14.6. The molecule has 0 saturated heterocycles. The van der Waals surface area contributed by atoms with Gasteiger partial charge in [0.1, 0.15) is 11.5 Å². The van der Waals surface area contributed by atoms with E-state index in [4.69, 9.17) is 16.0 Å². The summed E-state index contributed by atoms with van der Waals surface area (Å²) in [5.41, 5.74) is 0.745. The third-order valence-corrected chi connectivity index (χ3v) is 3.83.